The molecule has 0 radical (unpaired) electrons. The third kappa shape index (κ3) is 7.93. The van der Waals surface area contributed by atoms with Crippen LogP contribution < -0.4 is 10.6 Å². The van der Waals surface area contributed by atoms with E-state index in [-0.39, 0.29) is 11.8 Å². The maximum atomic E-state index is 12.1. The Hall–Kier alpha value is -3.17. The van der Waals surface area contributed by atoms with Crippen LogP contribution in [0.1, 0.15) is 91.8 Å². The Morgan fingerprint density at radius 3 is 2.39 bits per heavy atom. The number of amides is 2. The summed E-state index contributed by atoms with van der Waals surface area (Å²) in [6.45, 7) is 8.38. The average Bonchev–Trinajstić information content (AvgIpc) is 3.37. The minimum atomic E-state index is -0.216. The Bertz CT molecular complexity index is 1050. The molecule has 6 nitrogen and oxygen atoms in total. The summed E-state index contributed by atoms with van der Waals surface area (Å²) in [6.07, 6.45) is 9.11. The number of nitrogens with one attached hydrogen (secondary N) is 2. The van der Waals surface area contributed by atoms with E-state index < -0.39 is 0 Å². The number of nitriles is 1. The van der Waals surface area contributed by atoms with Crippen LogP contribution in [0.25, 0.3) is 0 Å². The summed E-state index contributed by atoms with van der Waals surface area (Å²) >= 11 is 0. The van der Waals surface area contributed by atoms with Gasteiger partial charge in [0.2, 0.25) is 0 Å². The van der Waals surface area contributed by atoms with Crippen LogP contribution in [0.3, 0.4) is 0 Å². The van der Waals surface area contributed by atoms with Crippen molar-refractivity contribution in [2.24, 2.45) is 0 Å². The molecule has 2 N–H and O–H groups in total. The third-order valence-electron chi connectivity index (χ3n) is 7.41. The van der Waals surface area contributed by atoms with Crippen molar-refractivity contribution in [3.05, 3.63) is 64.7 Å². The SMILES string of the molecule is CCN1CCCC1CNC(=O)Nc1cc(C(C)=O)ccc1C.N#Cc1ccc(C2CCCCC2)cc1. The van der Waals surface area contributed by atoms with Gasteiger partial charge in [-0.3, -0.25) is 9.69 Å². The number of nitrogens with zero attached hydrogens (tertiary/aromatic N) is 2. The molecule has 1 aliphatic carbocycles. The third-order valence-corrected chi connectivity index (χ3v) is 7.41. The first kappa shape index (κ1) is 27.4. The summed E-state index contributed by atoms with van der Waals surface area (Å²) in [5, 5.41) is 14.5. The van der Waals surface area contributed by atoms with Gasteiger partial charge in [-0.05, 0) is 87.9 Å². The molecule has 2 aromatic rings. The molecule has 2 fully saturated rings. The van der Waals surface area contributed by atoms with Crippen LogP contribution in [0.5, 0.6) is 0 Å². The second-order valence-corrected chi connectivity index (χ2v) is 9.91. The van der Waals surface area contributed by atoms with Gasteiger partial charge in [0.1, 0.15) is 0 Å². The second-order valence-electron chi connectivity index (χ2n) is 9.91. The molecule has 1 heterocycles. The zero-order valence-electron chi connectivity index (χ0n) is 22.0. The van der Waals surface area contributed by atoms with Gasteiger partial charge in [-0.15, -0.1) is 0 Å². The van der Waals surface area contributed by atoms with Crippen molar-refractivity contribution in [3.63, 3.8) is 0 Å². The minimum Gasteiger partial charge on any atom is -0.336 e. The van der Waals surface area contributed by atoms with E-state index in [0.717, 1.165) is 36.6 Å². The van der Waals surface area contributed by atoms with Crippen molar-refractivity contribution in [1.29, 1.82) is 5.26 Å². The number of benzene rings is 2. The highest BCUT2D eigenvalue weighted by Gasteiger charge is 2.23. The van der Waals surface area contributed by atoms with E-state index in [1.165, 1.54) is 51.0 Å². The van der Waals surface area contributed by atoms with E-state index in [4.69, 9.17) is 5.26 Å². The molecule has 192 valence electrons. The molecule has 1 aliphatic heterocycles. The molecular formula is C30H40N4O2. The Kier molecular flexibility index (Phi) is 10.5. The number of carbonyl (C=O) groups excluding carboxylic acids is 2. The zero-order chi connectivity index (χ0) is 25.9. The number of carbonyl (C=O) groups is 2. The smallest absolute Gasteiger partial charge is 0.319 e. The fourth-order valence-electron chi connectivity index (χ4n) is 5.16. The van der Waals surface area contributed by atoms with Crippen LogP contribution in [0, 0.1) is 18.3 Å². The molecule has 1 unspecified atom stereocenters. The van der Waals surface area contributed by atoms with E-state index in [1.807, 2.05) is 25.1 Å². The van der Waals surface area contributed by atoms with Crippen LogP contribution in [-0.2, 0) is 0 Å². The number of rotatable bonds is 6. The largest absolute Gasteiger partial charge is 0.336 e. The quantitative estimate of drug-likeness (QED) is 0.460. The van der Waals surface area contributed by atoms with Gasteiger partial charge in [-0.25, -0.2) is 4.79 Å². The lowest BCUT2D eigenvalue weighted by molar-refractivity contribution is 0.101. The zero-order valence-corrected chi connectivity index (χ0v) is 22.0. The van der Waals surface area contributed by atoms with E-state index >= 15 is 0 Å². The van der Waals surface area contributed by atoms with Crippen LogP contribution in [0.4, 0.5) is 10.5 Å². The summed E-state index contributed by atoms with van der Waals surface area (Å²) in [5.41, 5.74) is 4.42. The lowest BCUT2D eigenvalue weighted by Crippen LogP contribution is -2.41. The average molecular weight is 489 g/mol. The van der Waals surface area contributed by atoms with Crippen molar-refractivity contribution in [1.82, 2.24) is 10.2 Å². The number of Topliss-reactive ketones (excluding diaryl/α,β-unsaturated/α-hetero) is 1. The highest BCUT2D eigenvalue weighted by Crippen LogP contribution is 2.32. The molecule has 1 saturated heterocycles. The first-order valence-electron chi connectivity index (χ1n) is 13.3. The molecule has 1 atom stereocenters. The van der Waals surface area contributed by atoms with E-state index in [1.54, 1.807) is 12.1 Å². The Morgan fingerprint density at radius 2 is 1.75 bits per heavy atom. The van der Waals surface area contributed by atoms with Gasteiger partial charge in [-0.1, -0.05) is 50.5 Å². The number of hydrogen-bond acceptors (Lipinski definition) is 4. The molecule has 2 aromatic carbocycles. The van der Waals surface area contributed by atoms with Gasteiger partial charge in [0, 0.05) is 23.8 Å². The highest BCUT2D eigenvalue weighted by atomic mass is 16.2. The highest BCUT2D eigenvalue weighted by molar-refractivity contribution is 5.97. The maximum Gasteiger partial charge on any atom is 0.319 e. The van der Waals surface area contributed by atoms with Crippen LogP contribution in [0.15, 0.2) is 42.5 Å². The lowest BCUT2D eigenvalue weighted by Gasteiger charge is -2.23. The van der Waals surface area contributed by atoms with Gasteiger partial charge >= 0.3 is 6.03 Å². The standard InChI is InChI=1S/C17H25N3O2.C13H15N/c1-4-20-9-5-6-15(20)11-18-17(22)19-16-10-14(13(3)21)8-7-12(16)2;14-10-11-6-8-13(9-7-11)12-4-2-1-3-5-12/h7-8,10,15H,4-6,9,11H2,1-3H3,(H2,18,19,22);6-9,12H,1-5H2. The summed E-state index contributed by atoms with van der Waals surface area (Å²) in [7, 11) is 0. The summed E-state index contributed by atoms with van der Waals surface area (Å²) in [6, 6.07) is 15.8. The predicted octanol–water partition coefficient (Wildman–Crippen LogP) is 6.41. The Balaban J connectivity index is 0.000000221. The molecule has 2 amide bonds. The van der Waals surface area contributed by atoms with Crippen molar-refractivity contribution < 1.29 is 9.59 Å². The predicted molar refractivity (Wildman–Crippen MR) is 145 cm³/mol. The molecule has 0 aromatic heterocycles. The van der Waals surface area contributed by atoms with Crippen molar-refractivity contribution in [2.75, 3.05) is 25.0 Å². The molecule has 6 heteroatoms. The van der Waals surface area contributed by atoms with Gasteiger partial charge in [0.15, 0.2) is 5.78 Å². The van der Waals surface area contributed by atoms with Crippen molar-refractivity contribution in [3.8, 4) is 6.07 Å². The molecule has 0 spiro atoms. The Morgan fingerprint density at radius 1 is 1.03 bits per heavy atom. The Labute approximate surface area is 216 Å². The number of urea groups is 1. The van der Waals surface area contributed by atoms with E-state index in [9.17, 15) is 9.59 Å². The van der Waals surface area contributed by atoms with Crippen LogP contribution in [0.2, 0.25) is 0 Å². The monoisotopic (exact) mass is 488 g/mol. The van der Waals surface area contributed by atoms with Crippen molar-refractivity contribution >= 4 is 17.5 Å². The van der Waals surface area contributed by atoms with E-state index in [2.05, 4.69) is 40.7 Å². The fraction of sp³-hybridized carbons (Fsp3) is 0.500. The number of ketones is 1. The molecule has 0 bridgehead atoms. The second kappa shape index (κ2) is 13.8. The van der Waals surface area contributed by atoms with Crippen LogP contribution >= 0.6 is 0 Å². The van der Waals surface area contributed by atoms with Crippen molar-refractivity contribution in [2.45, 2.75) is 77.7 Å². The number of likely N-dealkylation sites (N-methyl/N-ethyl adjacent to an activating group) is 1. The molecule has 4 rings (SSSR count). The first-order valence-corrected chi connectivity index (χ1v) is 13.3. The molecular weight excluding hydrogens is 448 g/mol. The normalized spacial score (nSPS) is 18.0. The number of anilines is 1. The van der Waals surface area contributed by atoms with Crippen LogP contribution in [-0.4, -0.2) is 42.4 Å². The van der Waals surface area contributed by atoms with Gasteiger partial charge in [-0.2, -0.15) is 5.26 Å². The molecule has 2 aliphatic rings. The number of hydrogen-bond donors (Lipinski definition) is 2. The molecule has 36 heavy (non-hydrogen) atoms. The number of aryl methyl sites for hydroxylation is 1. The van der Waals surface area contributed by atoms with Gasteiger partial charge in [0.25, 0.3) is 0 Å². The summed E-state index contributed by atoms with van der Waals surface area (Å²) < 4.78 is 0. The minimum absolute atomic E-state index is 0.00648. The van der Waals surface area contributed by atoms with E-state index in [0.29, 0.717) is 23.8 Å². The molecule has 1 saturated carbocycles. The topological polar surface area (TPSA) is 85.2 Å². The number of likely N-dealkylation sites (tertiary alicyclic amines) is 1. The maximum absolute atomic E-state index is 12.1. The summed E-state index contributed by atoms with van der Waals surface area (Å²) in [4.78, 5) is 25.9. The first-order chi connectivity index (χ1) is 17.4. The van der Waals surface area contributed by atoms with Gasteiger partial charge < -0.3 is 10.6 Å². The lowest BCUT2D eigenvalue weighted by atomic mass is 9.84. The summed E-state index contributed by atoms with van der Waals surface area (Å²) in [5.74, 6) is 0.740. The fourth-order valence-corrected chi connectivity index (χ4v) is 5.16. The van der Waals surface area contributed by atoms with Gasteiger partial charge in [0.05, 0.1) is 11.6 Å².